The molecule has 2 nitrogen and oxygen atoms in total. The summed E-state index contributed by atoms with van der Waals surface area (Å²) in [6.07, 6.45) is 2.37. The van der Waals surface area contributed by atoms with E-state index in [1.165, 1.54) is 22.3 Å². The van der Waals surface area contributed by atoms with E-state index in [9.17, 15) is 5.11 Å². The molecule has 0 saturated heterocycles. The van der Waals surface area contributed by atoms with Crippen molar-refractivity contribution in [2.75, 3.05) is 7.11 Å². The highest BCUT2D eigenvalue weighted by Crippen LogP contribution is 2.41. The first-order valence-corrected chi connectivity index (χ1v) is 7.47. The number of hydrogen-bond donors (Lipinski definition) is 1. The summed E-state index contributed by atoms with van der Waals surface area (Å²) in [5.41, 5.74) is 5.19. The van der Waals surface area contributed by atoms with Gasteiger partial charge in [-0.3, -0.25) is 0 Å². The predicted octanol–water partition coefficient (Wildman–Crippen LogP) is 3.69. The van der Waals surface area contributed by atoms with Crippen molar-refractivity contribution in [1.29, 1.82) is 0 Å². The zero-order valence-electron chi connectivity index (χ0n) is 12.9. The van der Waals surface area contributed by atoms with E-state index in [1.807, 2.05) is 12.1 Å². The standard InChI is InChI=1S/C19H22O2/c1-13-8-14(2)10-15(9-13)12-19(20)7-6-16-4-5-17(21-3)11-18(16)19/h4-5,8-11,20H,6-7,12H2,1-3H3. The molecule has 0 radical (unpaired) electrons. The molecule has 1 atom stereocenters. The topological polar surface area (TPSA) is 29.5 Å². The first-order valence-electron chi connectivity index (χ1n) is 7.47. The van der Waals surface area contributed by atoms with E-state index in [1.54, 1.807) is 7.11 Å². The van der Waals surface area contributed by atoms with Crippen LogP contribution in [0.15, 0.2) is 36.4 Å². The highest BCUT2D eigenvalue weighted by atomic mass is 16.5. The number of benzene rings is 2. The Labute approximate surface area is 126 Å². The van der Waals surface area contributed by atoms with Crippen LogP contribution in [-0.2, 0) is 18.4 Å². The van der Waals surface area contributed by atoms with Gasteiger partial charge in [0.2, 0.25) is 0 Å². The minimum Gasteiger partial charge on any atom is -0.497 e. The maximum Gasteiger partial charge on any atom is 0.119 e. The van der Waals surface area contributed by atoms with Crippen LogP contribution < -0.4 is 4.74 Å². The number of aliphatic hydroxyl groups is 1. The van der Waals surface area contributed by atoms with Gasteiger partial charge in [-0.1, -0.05) is 35.4 Å². The Balaban J connectivity index is 1.96. The third kappa shape index (κ3) is 2.68. The summed E-state index contributed by atoms with van der Waals surface area (Å²) in [7, 11) is 1.67. The molecule has 110 valence electrons. The molecule has 0 bridgehead atoms. The van der Waals surface area contributed by atoms with Crippen molar-refractivity contribution < 1.29 is 9.84 Å². The summed E-state index contributed by atoms with van der Waals surface area (Å²) in [6.45, 7) is 4.21. The van der Waals surface area contributed by atoms with Gasteiger partial charge < -0.3 is 9.84 Å². The van der Waals surface area contributed by atoms with Crippen molar-refractivity contribution in [2.24, 2.45) is 0 Å². The molecule has 1 aliphatic carbocycles. The van der Waals surface area contributed by atoms with Gasteiger partial charge in [-0.05, 0) is 55.5 Å². The molecule has 0 aliphatic heterocycles. The van der Waals surface area contributed by atoms with Crippen molar-refractivity contribution >= 4 is 0 Å². The van der Waals surface area contributed by atoms with E-state index in [2.05, 4.69) is 38.1 Å². The number of aryl methyl sites for hydroxylation is 3. The molecule has 2 heteroatoms. The van der Waals surface area contributed by atoms with Gasteiger partial charge >= 0.3 is 0 Å². The predicted molar refractivity (Wildman–Crippen MR) is 84.8 cm³/mol. The number of fused-ring (bicyclic) bond motifs is 1. The Morgan fingerprint density at radius 2 is 1.81 bits per heavy atom. The summed E-state index contributed by atoms with van der Waals surface area (Å²) in [5, 5.41) is 11.1. The molecular formula is C19H22O2. The lowest BCUT2D eigenvalue weighted by atomic mass is 9.87. The second-order valence-electron chi connectivity index (χ2n) is 6.23. The van der Waals surface area contributed by atoms with Crippen LogP contribution in [0, 0.1) is 13.8 Å². The van der Waals surface area contributed by atoms with Crippen LogP contribution in [0.1, 0.15) is 34.2 Å². The monoisotopic (exact) mass is 282 g/mol. The SMILES string of the molecule is COc1ccc2c(c1)C(O)(Cc1cc(C)cc(C)c1)CC2. The van der Waals surface area contributed by atoms with Gasteiger partial charge in [0, 0.05) is 6.42 Å². The van der Waals surface area contributed by atoms with Crippen LogP contribution in [0.5, 0.6) is 5.75 Å². The Bertz CT molecular complexity index is 655. The summed E-state index contributed by atoms with van der Waals surface area (Å²) >= 11 is 0. The molecule has 21 heavy (non-hydrogen) atoms. The molecule has 0 spiro atoms. The van der Waals surface area contributed by atoms with Crippen molar-refractivity contribution in [3.8, 4) is 5.75 Å². The van der Waals surface area contributed by atoms with Gasteiger partial charge in [-0.2, -0.15) is 0 Å². The van der Waals surface area contributed by atoms with E-state index >= 15 is 0 Å². The highest BCUT2D eigenvalue weighted by molar-refractivity contribution is 5.44. The highest BCUT2D eigenvalue weighted by Gasteiger charge is 2.37. The quantitative estimate of drug-likeness (QED) is 0.930. The molecule has 0 heterocycles. The molecule has 2 aromatic rings. The first kappa shape index (κ1) is 14.2. The number of methoxy groups -OCH3 is 1. The van der Waals surface area contributed by atoms with E-state index in [0.717, 1.165) is 24.2 Å². The smallest absolute Gasteiger partial charge is 0.119 e. The summed E-state index contributed by atoms with van der Waals surface area (Å²) in [4.78, 5) is 0. The number of ether oxygens (including phenoxy) is 1. The van der Waals surface area contributed by atoms with E-state index in [-0.39, 0.29) is 0 Å². The second kappa shape index (κ2) is 5.19. The van der Waals surface area contributed by atoms with E-state index in [4.69, 9.17) is 4.74 Å². The lowest BCUT2D eigenvalue weighted by Crippen LogP contribution is -2.25. The molecule has 0 aromatic heterocycles. The molecule has 1 unspecified atom stereocenters. The molecule has 3 rings (SSSR count). The summed E-state index contributed by atoms with van der Waals surface area (Å²) in [5.74, 6) is 0.814. The summed E-state index contributed by atoms with van der Waals surface area (Å²) < 4.78 is 5.31. The first-order chi connectivity index (χ1) is 10.00. The number of rotatable bonds is 3. The van der Waals surface area contributed by atoms with Gasteiger partial charge in [0.05, 0.1) is 12.7 Å². The Kier molecular flexibility index (Phi) is 3.50. The van der Waals surface area contributed by atoms with Crippen molar-refractivity contribution in [3.05, 3.63) is 64.2 Å². The van der Waals surface area contributed by atoms with Crippen LogP contribution in [0.4, 0.5) is 0 Å². The Morgan fingerprint density at radius 3 is 2.48 bits per heavy atom. The fraction of sp³-hybridized carbons (Fsp3) is 0.368. The van der Waals surface area contributed by atoms with Crippen molar-refractivity contribution in [2.45, 2.75) is 38.7 Å². The van der Waals surface area contributed by atoms with E-state index < -0.39 is 5.60 Å². The van der Waals surface area contributed by atoms with Crippen LogP contribution >= 0.6 is 0 Å². The third-order valence-electron chi connectivity index (χ3n) is 4.40. The zero-order chi connectivity index (χ0) is 15.0. The van der Waals surface area contributed by atoms with Crippen LogP contribution in [-0.4, -0.2) is 12.2 Å². The molecule has 1 aliphatic rings. The maximum absolute atomic E-state index is 11.1. The van der Waals surface area contributed by atoms with Gasteiger partial charge in [0.15, 0.2) is 0 Å². The maximum atomic E-state index is 11.1. The van der Waals surface area contributed by atoms with Gasteiger partial charge in [0.25, 0.3) is 0 Å². The van der Waals surface area contributed by atoms with Gasteiger partial charge in [-0.15, -0.1) is 0 Å². The molecule has 0 saturated carbocycles. The molecular weight excluding hydrogens is 260 g/mol. The minimum absolute atomic E-state index is 0.662. The second-order valence-corrected chi connectivity index (χ2v) is 6.23. The van der Waals surface area contributed by atoms with Crippen molar-refractivity contribution in [3.63, 3.8) is 0 Å². The van der Waals surface area contributed by atoms with E-state index in [0.29, 0.717) is 6.42 Å². The fourth-order valence-electron chi connectivity index (χ4n) is 3.50. The Morgan fingerprint density at radius 1 is 1.10 bits per heavy atom. The van der Waals surface area contributed by atoms with Crippen LogP contribution in [0.2, 0.25) is 0 Å². The summed E-state index contributed by atoms with van der Waals surface area (Å²) in [6, 6.07) is 12.5. The van der Waals surface area contributed by atoms with Crippen LogP contribution in [0.25, 0.3) is 0 Å². The average Bonchev–Trinajstić information content (AvgIpc) is 2.74. The molecule has 0 amide bonds. The third-order valence-corrected chi connectivity index (χ3v) is 4.40. The van der Waals surface area contributed by atoms with Gasteiger partial charge in [0.1, 0.15) is 5.75 Å². The largest absolute Gasteiger partial charge is 0.497 e. The fourth-order valence-corrected chi connectivity index (χ4v) is 3.50. The lowest BCUT2D eigenvalue weighted by molar-refractivity contribution is 0.0388. The zero-order valence-corrected chi connectivity index (χ0v) is 12.9. The minimum atomic E-state index is -0.774. The van der Waals surface area contributed by atoms with Crippen molar-refractivity contribution in [1.82, 2.24) is 0 Å². The normalized spacial score (nSPS) is 20.4. The molecule has 0 fully saturated rings. The van der Waals surface area contributed by atoms with Gasteiger partial charge in [-0.25, -0.2) is 0 Å². The molecule has 1 N–H and O–H groups in total. The Hall–Kier alpha value is -1.80. The average molecular weight is 282 g/mol. The lowest BCUT2D eigenvalue weighted by Gasteiger charge is -2.25. The van der Waals surface area contributed by atoms with Crippen LogP contribution in [0.3, 0.4) is 0 Å². The number of hydrogen-bond acceptors (Lipinski definition) is 2. The molecule has 2 aromatic carbocycles.